The molecule has 0 saturated heterocycles. The van der Waals surface area contributed by atoms with Crippen LogP contribution in [0.15, 0.2) is 18.2 Å². The lowest BCUT2D eigenvalue weighted by Crippen LogP contribution is -2.13. The van der Waals surface area contributed by atoms with Crippen molar-refractivity contribution >= 4 is 34.9 Å². The molecule has 1 amide bonds. The molecule has 1 rings (SSSR count). The molecule has 0 atom stereocenters. The molecule has 0 radical (unpaired) electrons. The van der Waals surface area contributed by atoms with E-state index < -0.39 is 0 Å². The topological polar surface area (TPSA) is 42.0 Å². The molecule has 0 fully saturated rings. The van der Waals surface area contributed by atoms with Gasteiger partial charge in [-0.3, -0.25) is 4.79 Å². The summed E-state index contributed by atoms with van der Waals surface area (Å²) < 4.78 is 0. The van der Waals surface area contributed by atoms with Crippen LogP contribution in [0.4, 0.5) is 5.82 Å². The summed E-state index contributed by atoms with van der Waals surface area (Å²) >= 11 is 10.8. The van der Waals surface area contributed by atoms with Crippen LogP contribution in [0.3, 0.4) is 0 Å². The lowest BCUT2D eigenvalue weighted by atomic mass is 10.4. The number of carbonyl (C=O) groups excluding carboxylic acids is 1. The van der Waals surface area contributed by atoms with E-state index in [0.29, 0.717) is 11.0 Å². The fourth-order valence-electron chi connectivity index (χ4n) is 0.654. The zero-order valence-corrected chi connectivity index (χ0v) is 7.56. The van der Waals surface area contributed by atoms with Gasteiger partial charge in [0.1, 0.15) is 16.9 Å². The van der Waals surface area contributed by atoms with Crippen LogP contribution in [0.2, 0.25) is 5.15 Å². The summed E-state index contributed by atoms with van der Waals surface area (Å²) in [5, 5.41) is 2.80. The van der Waals surface area contributed by atoms with Crippen molar-refractivity contribution in [3.63, 3.8) is 0 Å². The molecule has 1 aromatic heterocycles. The van der Waals surface area contributed by atoms with E-state index in [4.69, 9.17) is 23.2 Å². The highest BCUT2D eigenvalue weighted by molar-refractivity contribution is 6.30. The summed E-state index contributed by atoms with van der Waals surface area (Å²) in [5.41, 5.74) is 0. The molecule has 1 heterocycles. The molecule has 1 N–H and O–H groups in total. The first-order chi connectivity index (χ1) is 5.72. The SMILES string of the molecule is O=C(CCl)Nc1cccc(Cl)n1. The van der Waals surface area contributed by atoms with E-state index in [2.05, 4.69) is 10.3 Å². The van der Waals surface area contributed by atoms with Gasteiger partial charge < -0.3 is 5.32 Å². The molecule has 1 aromatic rings. The van der Waals surface area contributed by atoms with Crippen LogP contribution in [-0.4, -0.2) is 16.8 Å². The Kier molecular flexibility index (Phi) is 3.31. The van der Waals surface area contributed by atoms with E-state index in [1.807, 2.05) is 0 Å². The van der Waals surface area contributed by atoms with E-state index in [1.54, 1.807) is 18.2 Å². The average molecular weight is 205 g/mol. The number of nitrogens with one attached hydrogen (secondary N) is 1. The third kappa shape index (κ3) is 2.68. The second-order valence-electron chi connectivity index (χ2n) is 2.03. The number of nitrogens with zero attached hydrogens (tertiary/aromatic N) is 1. The summed E-state index contributed by atoms with van der Waals surface area (Å²) in [6.07, 6.45) is 0. The predicted molar refractivity (Wildman–Crippen MR) is 48.6 cm³/mol. The highest BCUT2D eigenvalue weighted by Gasteiger charge is 2.00. The van der Waals surface area contributed by atoms with Gasteiger partial charge in [0, 0.05) is 0 Å². The maximum Gasteiger partial charge on any atom is 0.240 e. The number of amides is 1. The minimum Gasteiger partial charge on any atom is -0.310 e. The normalized spacial score (nSPS) is 9.50. The largest absolute Gasteiger partial charge is 0.310 e. The first kappa shape index (κ1) is 9.29. The minimum absolute atomic E-state index is 0.0891. The number of hydrogen-bond donors (Lipinski definition) is 1. The van der Waals surface area contributed by atoms with Gasteiger partial charge in [0.25, 0.3) is 0 Å². The number of halogens is 2. The van der Waals surface area contributed by atoms with Crippen molar-refractivity contribution < 1.29 is 4.79 Å². The Labute approximate surface area is 79.7 Å². The van der Waals surface area contributed by atoms with Crippen LogP contribution in [0, 0.1) is 0 Å². The molecule has 3 nitrogen and oxygen atoms in total. The van der Waals surface area contributed by atoms with Crippen LogP contribution < -0.4 is 5.32 Å². The second kappa shape index (κ2) is 4.28. The lowest BCUT2D eigenvalue weighted by Gasteiger charge is -2.00. The summed E-state index contributed by atoms with van der Waals surface area (Å²) in [4.78, 5) is 14.6. The van der Waals surface area contributed by atoms with E-state index in [0.717, 1.165) is 0 Å². The first-order valence-corrected chi connectivity index (χ1v) is 4.12. The Morgan fingerprint density at radius 1 is 1.58 bits per heavy atom. The van der Waals surface area contributed by atoms with Gasteiger partial charge >= 0.3 is 0 Å². The third-order valence-corrected chi connectivity index (χ3v) is 1.56. The monoisotopic (exact) mass is 204 g/mol. The van der Waals surface area contributed by atoms with Crippen molar-refractivity contribution in [2.24, 2.45) is 0 Å². The third-order valence-electron chi connectivity index (χ3n) is 1.10. The van der Waals surface area contributed by atoms with Gasteiger partial charge in [-0.15, -0.1) is 11.6 Å². The Bertz CT molecular complexity index is 290. The van der Waals surface area contributed by atoms with Crippen molar-refractivity contribution in [1.29, 1.82) is 0 Å². The van der Waals surface area contributed by atoms with Gasteiger partial charge in [-0.2, -0.15) is 0 Å². The molecule has 0 unspecified atom stereocenters. The molecule has 5 heteroatoms. The number of anilines is 1. The number of rotatable bonds is 2. The van der Waals surface area contributed by atoms with Crippen LogP contribution in [0.5, 0.6) is 0 Å². The zero-order valence-electron chi connectivity index (χ0n) is 6.05. The number of carbonyl (C=O) groups is 1. The van der Waals surface area contributed by atoms with Crippen molar-refractivity contribution in [2.45, 2.75) is 0 Å². The summed E-state index contributed by atoms with van der Waals surface area (Å²) in [6.45, 7) is 0. The second-order valence-corrected chi connectivity index (χ2v) is 2.68. The number of hydrogen-bond acceptors (Lipinski definition) is 2. The molecule has 0 bridgehead atoms. The Morgan fingerprint density at radius 2 is 2.33 bits per heavy atom. The Hall–Kier alpha value is -0.800. The number of aromatic nitrogens is 1. The fraction of sp³-hybridized carbons (Fsp3) is 0.143. The van der Waals surface area contributed by atoms with Gasteiger partial charge in [0.05, 0.1) is 0 Å². The molecule has 0 aromatic carbocycles. The van der Waals surface area contributed by atoms with Gasteiger partial charge in [-0.25, -0.2) is 4.98 Å². The molecule has 0 aliphatic rings. The van der Waals surface area contributed by atoms with E-state index in [-0.39, 0.29) is 11.8 Å². The highest BCUT2D eigenvalue weighted by atomic mass is 35.5. The molecule has 0 spiro atoms. The maximum atomic E-state index is 10.8. The van der Waals surface area contributed by atoms with E-state index in [1.165, 1.54) is 0 Å². The lowest BCUT2D eigenvalue weighted by molar-refractivity contribution is -0.113. The smallest absolute Gasteiger partial charge is 0.240 e. The molecular formula is C7H6Cl2N2O. The van der Waals surface area contributed by atoms with Crippen LogP contribution in [0.1, 0.15) is 0 Å². The Balaban J connectivity index is 2.69. The molecule has 64 valence electrons. The van der Waals surface area contributed by atoms with Crippen LogP contribution in [-0.2, 0) is 4.79 Å². The van der Waals surface area contributed by atoms with E-state index in [9.17, 15) is 4.79 Å². The van der Waals surface area contributed by atoms with Crippen LogP contribution >= 0.6 is 23.2 Å². The summed E-state index contributed by atoms with van der Waals surface area (Å²) in [5.74, 6) is 0.0216. The molecule has 0 saturated carbocycles. The number of alkyl halides is 1. The van der Waals surface area contributed by atoms with Crippen molar-refractivity contribution in [3.05, 3.63) is 23.4 Å². The first-order valence-electron chi connectivity index (χ1n) is 3.21. The van der Waals surface area contributed by atoms with Gasteiger partial charge in [0.2, 0.25) is 5.91 Å². The van der Waals surface area contributed by atoms with Crippen molar-refractivity contribution in [3.8, 4) is 0 Å². The molecular weight excluding hydrogens is 199 g/mol. The summed E-state index contributed by atoms with van der Waals surface area (Å²) in [7, 11) is 0. The standard InChI is InChI=1S/C7H6Cl2N2O/c8-4-7(12)11-6-3-1-2-5(9)10-6/h1-3H,4H2,(H,10,11,12). The Morgan fingerprint density at radius 3 is 2.92 bits per heavy atom. The van der Waals surface area contributed by atoms with Crippen LogP contribution in [0.25, 0.3) is 0 Å². The quantitative estimate of drug-likeness (QED) is 0.591. The van der Waals surface area contributed by atoms with Gasteiger partial charge in [0.15, 0.2) is 0 Å². The molecule has 0 aliphatic heterocycles. The zero-order chi connectivity index (χ0) is 8.97. The fourth-order valence-corrected chi connectivity index (χ4v) is 0.885. The van der Waals surface area contributed by atoms with Crippen molar-refractivity contribution in [2.75, 3.05) is 11.2 Å². The maximum absolute atomic E-state index is 10.8. The minimum atomic E-state index is -0.300. The highest BCUT2D eigenvalue weighted by Crippen LogP contribution is 2.08. The average Bonchev–Trinajstić information content (AvgIpc) is 2.04. The molecule has 12 heavy (non-hydrogen) atoms. The predicted octanol–water partition coefficient (Wildman–Crippen LogP) is 1.91. The van der Waals surface area contributed by atoms with E-state index >= 15 is 0 Å². The number of pyridine rings is 1. The van der Waals surface area contributed by atoms with Gasteiger partial charge in [-0.1, -0.05) is 17.7 Å². The van der Waals surface area contributed by atoms with Crippen molar-refractivity contribution in [1.82, 2.24) is 4.98 Å². The van der Waals surface area contributed by atoms with Gasteiger partial charge in [-0.05, 0) is 12.1 Å². The molecule has 0 aliphatic carbocycles. The summed E-state index contributed by atoms with van der Waals surface area (Å²) in [6, 6.07) is 4.95.